The molecule has 0 aliphatic rings. The second-order valence-electron chi connectivity index (χ2n) is 8.70. The number of amides is 1. The summed E-state index contributed by atoms with van der Waals surface area (Å²) in [4.78, 5) is 21.3. The number of hydroxylamine groups is 2. The van der Waals surface area contributed by atoms with Crippen LogP contribution < -0.4 is 4.72 Å². The molecule has 192 valence electrons. The summed E-state index contributed by atoms with van der Waals surface area (Å²) in [5.41, 5.74) is 5.73. The molecule has 0 radical (unpaired) electrons. The van der Waals surface area contributed by atoms with Gasteiger partial charge in [-0.15, -0.1) is 0 Å². The van der Waals surface area contributed by atoms with Gasteiger partial charge in [0.15, 0.2) is 5.76 Å². The monoisotopic (exact) mass is 529 g/mol. The molecular formula is C27H23N5O5S. The van der Waals surface area contributed by atoms with Crippen LogP contribution in [0.15, 0.2) is 83.6 Å². The zero-order chi connectivity index (χ0) is 26.9. The van der Waals surface area contributed by atoms with E-state index in [9.17, 15) is 18.4 Å². The number of hydrogen-bond acceptors (Lipinski definition) is 8. The number of nitrogens with zero attached hydrogens (tertiary/aromatic N) is 4. The van der Waals surface area contributed by atoms with E-state index in [1.165, 1.54) is 7.05 Å². The van der Waals surface area contributed by atoms with Gasteiger partial charge in [0, 0.05) is 42.0 Å². The fraction of sp³-hybridized carbons (Fsp3) is 0.111. The predicted octanol–water partition coefficient (Wildman–Crippen LogP) is 4.13. The Bertz CT molecular complexity index is 1730. The average molecular weight is 530 g/mol. The van der Waals surface area contributed by atoms with Crippen LogP contribution in [0.5, 0.6) is 0 Å². The first kappa shape index (κ1) is 25.2. The van der Waals surface area contributed by atoms with E-state index < -0.39 is 15.9 Å². The number of rotatable bonds is 7. The van der Waals surface area contributed by atoms with Crippen LogP contribution in [0.2, 0.25) is 0 Å². The highest BCUT2D eigenvalue weighted by molar-refractivity contribution is 7.88. The minimum absolute atomic E-state index is 0.0333. The van der Waals surface area contributed by atoms with Gasteiger partial charge in [-0.25, -0.2) is 23.2 Å². The predicted molar refractivity (Wildman–Crippen MR) is 141 cm³/mol. The number of carbonyl (C=O) groups is 1. The lowest BCUT2D eigenvalue weighted by molar-refractivity contribution is -0.0373. The third-order valence-corrected chi connectivity index (χ3v) is 6.57. The van der Waals surface area contributed by atoms with Crippen molar-refractivity contribution < 1.29 is 22.9 Å². The number of benzene rings is 2. The Morgan fingerprint density at radius 2 is 1.55 bits per heavy atom. The molecule has 2 aromatic carbocycles. The lowest BCUT2D eigenvalue weighted by Crippen LogP contribution is -2.23. The van der Waals surface area contributed by atoms with E-state index in [1.807, 2.05) is 48.5 Å². The Labute approximate surface area is 218 Å². The van der Waals surface area contributed by atoms with Gasteiger partial charge in [-0.1, -0.05) is 53.7 Å². The normalized spacial score (nSPS) is 11.6. The molecule has 0 unspecified atom stereocenters. The molecule has 5 aromatic rings. The largest absolute Gasteiger partial charge is 0.359 e. The minimum Gasteiger partial charge on any atom is -0.359 e. The summed E-state index contributed by atoms with van der Waals surface area (Å²) in [6.07, 6.45) is 4.25. The highest BCUT2D eigenvalue weighted by Gasteiger charge is 2.17. The molecule has 0 spiro atoms. The van der Waals surface area contributed by atoms with Crippen molar-refractivity contribution in [2.75, 3.05) is 13.3 Å². The molecule has 38 heavy (non-hydrogen) atoms. The fourth-order valence-electron chi connectivity index (χ4n) is 3.97. The molecular weight excluding hydrogens is 506 g/mol. The van der Waals surface area contributed by atoms with Gasteiger partial charge in [0.25, 0.3) is 5.91 Å². The third kappa shape index (κ3) is 5.44. The molecule has 3 aromatic heterocycles. The first-order valence-electron chi connectivity index (χ1n) is 11.5. The standard InChI is InChI=1S/C27H23N5O5S/c1-32(34)27(33)22-14-25(30-24-11-12-28-16-23(22)24)19-7-3-17(4-8-19)18-5-9-20(10-6-18)26-13-21(37-31-26)15-29-38(2,35)36/h3-14,16,29,34H,15H2,1-2H3. The van der Waals surface area contributed by atoms with Gasteiger partial charge in [0.2, 0.25) is 10.0 Å². The summed E-state index contributed by atoms with van der Waals surface area (Å²) in [7, 11) is -2.05. The van der Waals surface area contributed by atoms with Gasteiger partial charge < -0.3 is 4.52 Å². The molecule has 1 amide bonds. The second kappa shape index (κ2) is 10.1. The summed E-state index contributed by atoms with van der Waals surface area (Å²) in [5, 5.41) is 14.8. The van der Waals surface area contributed by atoms with E-state index in [0.717, 1.165) is 28.5 Å². The highest BCUT2D eigenvalue weighted by atomic mass is 32.2. The smallest absolute Gasteiger partial charge is 0.277 e. The maximum absolute atomic E-state index is 12.6. The number of sulfonamides is 1. The van der Waals surface area contributed by atoms with Gasteiger partial charge in [-0.3, -0.25) is 15.0 Å². The number of hydrogen-bond donors (Lipinski definition) is 2. The van der Waals surface area contributed by atoms with Gasteiger partial charge in [-0.05, 0) is 23.3 Å². The summed E-state index contributed by atoms with van der Waals surface area (Å²) < 4.78 is 30.1. The van der Waals surface area contributed by atoms with Crippen molar-refractivity contribution in [2.24, 2.45) is 0 Å². The third-order valence-electron chi connectivity index (χ3n) is 5.90. The Balaban J connectivity index is 1.38. The number of aromatic nitrogens is 3. The lowest BCUT2D eigenvalue weighted by Gasteiger charge is -2.12. The van der Waals surface area contributed by atoms with Crippen molar-refractivity contribution in [3.63, 3.8) is 0 Å². The molecule has 11 heteroatoms. The summed E-state index contributed by atoms with van der Waals surface area (Å²) in [5.74, 6) is -0.131. The first-order valence-corrected chi connectivity index (χ1v) is 13.4. The summed E-state index contributed by atoms with van der Waals surface area (Å²) >= 11 is 0. The molecule has 3 heterocycles. The van der Waals surface area contributed by atoms with Crippen LogP contribution in [-0.2, 0) is 16.6 Å². The molecule has 0 aliphatic heterocycles. The fourth-order valence-corrected chi connectivity index (χ4v) is 4.37. The molecule has 0 saturated heterocycles. The maximum atomic E-state index is 12.6. The van der Waals surface area contributed by atoms with Gasteiger partial charge in [0.05, 0.1) is 29.6 Å². The van der Waals surface area contributed by atoms with E-state index >= 15 is 0 Å². The van der Waals surface area contributed by atoms with Gasteiger partial charge in [0.1, 0.15) is 5.69 Å². The van der Waals surface area contributed by atoms with E-state index in [4.69, 9.17) is 4.52 Å². The Morgan fingerprint density at radius 3 is 2.16 bits per heavy atom. The molecule has 10 nitrogen and oxygen atoms in total. The van der Waals surface area contributed by atoms with Crippen molar-refractivity contribution in [3.8, 4) is 33.6 Å². The van der Waals surface area contributed by atoms with Crippen molar-refractivity contribution in [1.29, 1.82) is 0 Å². The highest BCUT2D eigenvalue weighted by Crippen LogP contribution is 2.29. The van der Waals surface area contributed by atoms with Crippen molar-refractivity contribution in [2.45, 2.75) is 6.54 Å². The van der Waals surface area contributed by atoms with Gasteiger partial charge in [-0.2, -0.15) is 0 Å². The van der Waals surface area contributed by atoms with E-state index in [-0.39, 0.29) is 6.54 Å². The zero-order valence-corrected chi connectivity index (χ0v) is 21.3. The number of nitrogens with one attached hydrogen (secondary N) is 1. The maximum Gasteiger partial charge on any atom is 0.277 e. The quantitative estimate of drug-likeness (QED) is 0.237. The molecule has 0 bridgehead atoms. The van der Waals surface area contributed by atoms with E-state index in [0.29, 0.717) is 38.7 Å². The van der Waals surface area contributed by atoms with Crippen LogP contribution in [-0.4, -0.2) is 53.0 Å². The Morgan fingerprint density at radius 1 is 0.947 bits per heavy atom. The van der Waals surface area contributed by atoms with Crippen LogP contribution in [0.3, 0.4) is 0 Å². The number of pyridine rings is 2. The number of fused-ring (bicyclic) bond motifs is 1. The summed E-state index contributed by atoms with van der Waals surface area (Å²) in [6, 6.07) is 20.6. The van der Waals surface area contributed by atoms with Crippen LogP contribution in [0, 0.1) is 0 Å². The van der Waals surface area contributed by atoms with Crippen LogP contribution in [0.4, 0.5) is 0 Å². The average Bonchev–Trinajstić information content (AvgIpc) is 3.40. The van der Waals surface area contributed by atoms with Crippen LogP contribution >= 0.6 is 0 Å². The zero-order valence-electron chi connectivity index (χ0n) is 20.5. The number of carbonyl (C=O) groups excluding carboxylic acids is 1. The van der Waals surface area contributed by atoms with E-state index in [2.05, 4.69) is 19.8 Å². The minimum atomic E-state index is -3.33. The molecule has 0 fully saturated rings. The van der Waals surface area contributed by atoms with E-state index in [1.54, 1.807) is 30.6 Å². The van der Waals surface area contributed by atoms with Crippen LogP contribution in [0.25, 0.3) is 44.5 Å². The SMILES string of the molecule is CN(O)C(=O)c1cc(-c2ccc(-c3ccc(-c4cc(CNS(C)(=O)=O)on4)cc3)cc2)nc2ccncc12. The van der Waals surface area contributed by atoms with Gasteiger partial charge >= 0.3 is 0 Å². The lowest BCUT2D eigenvalue weighted by atomic mass is 9.99. The van der Waals surface area contributed by atoms with Crippen LogP contribution in [0.1, 0.15) is 16.1 Å². The summed E-state index contributed by atoms with van der Waals surface area (Å²) in [6.45, 7) is 0.0333. The molecule has 5 rings (SSSR count). The van der Waals surface area contributed by atoms with Crippen molar-refractivity contribution >= 4 is 26.8 Å². The topological polar surface area (TPSA) is 139 Å². The molecule has 0 aliphatic carbocycles. The molecule has 2 N–H and O–H groups in total. The van der Waals surface area contributed by atoms with Crippen molar-refractivity contribution in [3.05, 3.63) is 90.4 Å². The molecule has 0 saturated carbocycles. The first-order chi connectivity index (χ1) is 18.2. The Kier molecular flexibility index (Phi) is 6.72. The Hall–Kier alpha value is -4.45. The molecule has 0 atom stereocenters. The van der Waals surface area contributed by atoms with Crippen molar-refractivity contribution in [1.82, 2.24) is 24.9 Å². The second-order valence-corrected chi connectivity index (χ2v) is 10.5.